The van der Waals surface area contributed by atoms with Gasteiger partial charge in [-0.25, -0.2) is 4.79 Å². The summed E-state index contributed by atoms with van der Waals surface area (Å²) in [5.74, 6) is 0.666. The Morgan fingerprint density at radius 1 is 1.05 bits per heavy atom. The number of esters is 1. The van der Waals surface area contributed by atoms with Crippen molar-refractivity contribution in [1.82, 2.24) is 10.1 Å². The molecular formula is C16H10N2O4. The Morgan fingerprint density at radius 2 is 1.82 bits per heavy atom. The third-order valence-electron chi connectivity index (χ3n) is 3.48. The number of hydrogen-bond acceptors (Lipinski definition) is 6. The maximum atomic E-state index is 11.4. The first kappa shape index (κ1) is 12.6. The molecule has 0 unspecified atom stereocenters. The first-order chi connectivity index (χ1) is 10.7. The van der Waals surface area contributed by atoms with Gasteiger partial charge in [0.2, 0.25) is 5.82 Å². The number of phenolic OH excluding ortho intramolecular Hbond substituents is 1. The van der Waals surface area contributed by atoms with E-state index in [1.54, 1.807) is 36.4 Å². The van der Waals surface area contributed by atoms with Gasteiger partial charge in [0.15, 0.2) is 0 Å². The van der Waals surface area contributed by atoms with Gasteiger partial charge in [0.1, 0.15) is 12.4 Å². The van der Waals surface area contributed by atoms with Crippen molar-refractivity contribution in [1.29, 1.82) is 0 Å². The van der Waals surface area contributed by atoms with Crippen molar-refractivity contribution in [2.75, 3.05) is 0 Å². The molecule has 6 heteroatoms. The van der Waals surface area contributed by atoms with Gasteiger partial charge < -0.3 is 14.4 Å². The standard InChI is InChI=1S/C16H10N2O4/c19-12-4-1-9(2-5-12)15-17-14(18-22-15)10-3-6-13-11(7-10)8-21-16(13)20/h1-7,19H,8H2. The summed E-state index contributed by atoms with van der Waals surface area (Å²) in [5.41, 5.74) is 2.87. The number of phenols is 1. The fourth-order valence-electron chi connectivity index (χ4n) is 2.33. The van der Waals surface area contributed by atoms with Crippen LogP contribution in [0.25, 0.3) is 22.8 Å². The second kappa shape index (κ2) is 4.70. The lowest BCUT2D eigenvalue weighted by molar-refractivity contribution is 0.0535. The van der Waals surface area contributed by atoms with E-state index in [0.29, 0.717) is 17.3 Å². The number of hydrogen-bond donors (Lipinski definition) is 1. The largest absolute Gasteiger partial charge is 0.508 e. The molecule has 1 aliphatic rings. The van der Waals surface area contributed by atoms with Gasteiger partial charge in [0.25, 0.3) is 5.89 Å². The average Bonchev–Trinajstić information content (AvgIpc) is 3.15. The van der Waals surface area contributed by atoms with Gasteiger partial charge in [-0.05, 0) is 36.4 Å². The van der Waals surface area contributed by atoms with Crippen molar-refractivity contribution in [2.45, 2.75) is 6.61 Å². The topological polar surface area (TPSA) is 85.5 Å². The van der Waals surface area contributed by atoms with Crippen LogP contribution in [0.2, 0.25) is 0 Å². The fourth-order valence-corrected chi connectivity index (χ4v) is 2.33. The highest BCUT2D eigenvalue weighted by Crippen LogP contribution is 2.27. The van der Waals surface area contributed by atoms with Crippen LogP contribution >= 0.6 is 0 Å². The lowest BCUT2D eigenvalue weighted by atomic mass is 10.1. The monoisotopic (exact) mass is 294 g/mol. The molecule has 108 valence electrons. The number of cyclic esters (lactones) is 1. The van der Waals surface area contributed by atoms with E-state index in [0.717, 1.165) is 16.7 Å². The molecule has 0 aliphatic carbocycles. The Labute approximate surface area is 125 Å². The number of benzene rings is 2. The van der Waals surface area contributed by atoms with Crippen molar-refractivity contribution in [3.05, 3.63) is 53.6 Å². The zero-order chi connectivity index (χ0) is 15.1. The molecule has 0 radical (unpaired) electrons. The van der Waals surface area contributed by atoms with Crippen LogP contribution in [0.4, 0.5) is 0 Å². The SMILES string of the molecule is O=C1OCc2cc(-c3noc(-c4ccc(O)cc4)n3)ccc21. The zero-order valence-corrected chi connectivity index (χ0v) is 11.3. The maximum Gasteiger partial charge on any atom is 0.338 e. The Kier molecular flexibility index (Phi) is 2.69. The van der Waals surface area contributed by atoms with Gasteiger partial charge in [-0.2, -0.15) is 4.98 Å². The van der Waals surface area contributed by atoms with Crippen LogP contribution in [0, 0.1) is 0 Å². The van der Waals surface area contributed by atoms with Gasteiger partial charge in [-0.3, -0.25) is 0 Å². The highest BCUT2D eigenvalue weighted by molar-refractivity contribution is 5.94. The van der Waals surface area contributed by atoms with E-state index < -0.39 is 0 Å². The molecule has 6 nitrogen and oxygen atoms in total. The molecule has 2 aromatic carbocycles. The Hall–Kier alpha value is -3.15. The van der Waals surface area contributed by atoms with Crippen LogP contribution in [0.3, 0.4) is 0 Å². The van der Waals surface area contributed by atoms with Crippen molar-refractivity contribution >= 4 is 5.97 Å². The Bertz CT molecular complexity index is 868. The van der Waals surface area contributed by atoms with E-state index in [1.807, 2.05) is 6.07 Å². The van der Waals surface area contributed by atoms with Crippen LogP contribution in [0.15, 0.2) is 47.0 Å². The summed E-state index contributed by atoms with van der Waals surface area (Å²) in [5, 5.41) is 13.2. The zero-order valence-electron chi connectivity index (χ0n) is 11.3. The molecule has 1 aliphatic heterocycles. The van der Waals surface area contributed by atoms with Crippen LogP contribution in [-0.2, 0) is 11.3 Å². The minimum atomic E-state index is -0.306. The third-order valence-corrected chi connectivity index (χ3v) is 3.48. The summed E-state index contributed by atoms with van der Waals surface area (Å²) in [6.45, 7) is 0.269. The predicted octanol–water partition coefficient (Wildman–Crippen LogP) is 2.78. The van der Waals surface area contributed by atoms with Crippen molar-refractivity contribution in [3.63, 3.8) is 0 Å². The van der Waals surface area contributed by atoms with Crippen molar-refractivity contribution in [2.24, 2.45) is 0 Å². The number of carbonyl (C=O) groups excluding carboxylic acids is 1. The Morgan fingerprint density at radius 3 is 2.64 bits per heavy atom. The predicted molar refractivity (Wildman–Crippen MR) is 76.0 cm³/mol. The molecule has 0 fully saturated rings. The van der Waals surface area contributed by atoms with Crippen LogP contribution in [0.1, 0.15) is 15.9 Å². The highest BCUT2D eigenvalue weighted by Gasteiger charge is 2.22. The molecule has 22 heavy (non-hydrogen) atoms. The van der Waals surface area contributed by atoms with Gasteiger partial charge in [0.05, 0.1) is 5.56 Å². The minimum Gasteiger partial charge on any atom is -0.508 e. The van der Waals surface area contributed by atoms with E-state index in [4.69, 9.17) is 9.26 Å². The number of ether oxygens (including phenoxy) is 1. The normalized spacial score (nSPS) is 13.0. The van der Waals surface area contributed by atoms with Crippen LogP contribution in [0.5, 0.6) is 5.75 Å². The minimum absolute atomic E-state index is 0.173. The summed E-state index contributed by atoms with van der Waals surface area (Å²) in [6.07, 6.45) is 0. The molecule has 4 rings (SSSR count). The smallest absolute Gasteiger partial charge is 0.338 e. The maximum absolute atomic E-state index is 11.4. The summed E-state index contributed by atoms with van der Waals surface area (Å²) in [7, 11) is 0. The van der Waals surface area contributed by atoms with Crippen LogP contribution in [-0.4, -0.2) is 21.2 Å². The van der Waals surface area contributed by atoms with E-state index in [9.17, 15) is 9.90 Å². The molecule has 0 saturated heterocycles. The highest BCUT2D eigenvalue weighted by atomic mass is 16.5. The average molecular weight is 294 g/mol. The quantitative estimate of drug-likeness (QED) is 0.731. The van der Waals surface area contributed by atoms with E-state index in [-0.39, 0.29) is 18.3 Å². The fraction of sp³-hybridized carbons (Fsp3) is 0.0625. The number of rotatable bonds is 2. The van der Waals surface area contributed by atoms with Crippen molar-refractivity contribution in [3.8, 4) is 28.6 Å². The summed E-state index contributed by atoms with van der Waals surface area (Å²) in [4.78, 5) is 15.8. The molecule has 0 atom stereocenters. The third kappa shape index (κ3) is 2.01. The van der Waals surface area contributed by atoms with E-state index in [2.05, 4.69) is 10.1 Å². The van der Waals surface area contributed by atoms with E-state index in [1.165, 1.54) is 0 Å². The number of aromatic hydroxyl groups is 1. The van der Waals surface area contributed by atoms with Crippen LogP contribution < -0.4 is 0 Å². The van der Waals surface area contributed by atoms with Crippen molar-refractivity contribution < 1.29 is 19.2 Å². The molecule has 2 heterocycles. The first-order valence-corrected chi connectivity index (χ1v) is 6.64. The van der Waals surface area contributed by atoms with Gasteiger partial charge >= 0.3 is 5.97 Å². The molecule has 0 saturated carbocycles. The lowest BCUT2D eigenvalue weighted by Gasteiger charge is -1.97. The number of carbonyl (C=O) groups is 1. The molecular weight excluding hydrogens is 284 g/mol. The first-order valence-electron chi connectivity index (χ1n) is 6.64. The number of nitrogens with zero attached hydrogens (tertiary/aromatic N) is 2. The summed E-state index contributed by atoms with van der Waals surface area (Å²) >= 11 is 0. The molecule has 3 aromatic rings. The Balaban J connectivity index is 1.70. The molecule has 0 bridgehead atoms. The second-order valence-corrected chi connectivity index (χ2v) is 4.92. The molecule has 1 aromatic heterocycles. The molecule has 0 amide bonds. The summed E-state index contributed by atoms with van der Waals surface area (Å²) in [6, 6.07) is 11.8. The second-order valence-electron chi connectivity index (χ2n) is 4.92. The summed E-state index contributed by atoms with van der Waals surface area (Å²) < 4.78 is 10.2. The molecule has 1 N–H and O–H groups in total. The van der Waals surface area contributed by atoms with E-state index >= 15 is 0 Å². The lowest BCUT2D eigenvalue weighted by Crippen LogP contribution is -1.93. The number of fused-ring (bicyclic) bond motifs is 1. The molecule has 0 spiro atoms. The number of aromatic nitrogens is 2. The van der Waals surface area contributed by atoms with Gasteiger partial charge in [-0.1, -0.05) is 11.2 Å². The van der Waals surface area contributed by atoms with Gasteiger partial charge in [-0.15, -0.1) is 0 Å². The van der Waals surface area contributed by atoms with Gasteiger partial charge in [0, 0.05) is 16.7 Å².